The van der Waals surface area contributed by atoms with Crippen LogP contribution in [0.25, 0.3) is 0 Å². The lowest BCUT2D eigenvalue weighted by Crippen LogP contribution is -2.56. The summed E-state index contributed by atoms with van der Waals surface area (Å²) in [6.07, 6.45) is 0.906. The minimum Gasteiger partial charge on any atom is -0.444 e. The van der Waals surface area contributed by atoms with Gasteiger partial charge in [-0.15, -0.1) is 0 Å². The van der Waals surface area contributed by atoms with Crippen molar-refractivity contribution in [2.45, 2.75) is 98.0 Å². The number of aliphatic hydroxyl groups excluding tert-OH is 1. The molecule has 0 bridgehead atoms. The first-order valence-electron chi connectivity index (χ1n) is 11.6. The van der Waals surface area contributed by atoms with Crippen molar-refractivity contribution in [3.05, 3.63) is 35.4 Å². The van der Waals surface area contributed by atoms with Crippen LogP contribution in [-0.2, 0) is 14.3 Å². The van der Waals surface area contributed by atoms with E-state index in [9.17, 15) is 19.5 Å². The average molecular weight is 464 g/mol. The van der Waals surface area contributed by atoms with Gasteiger partial charge in [0, 0.05) is 12.1 Å². The van der Waals surface area contributed by atoms with Crippen molar-refractivity contribution in [2.24, 2.45) is 0 Å². The minimum absolute atomic E-state index is 0.0620. The molecule has 1 aromatic carbocycles. The van der Waals surface area contributed by atoms with Crippen molar-refractivity contribution in [2.75, 3.05) is 6.61 Å². The number of amides is 3. The molecule has 0 saturated carbocycles. The number of rotatable bonds is 10. The Labute approximate surface area is 198 Å². The summed E-state index contributed by atoms with van der Waals surface area (Å²) in [4.78, 5) is 40.6. The summed E-state index contributed by atoms with van der Waals surface area (Å²) in [6, 6.07) is 4.79. The second kappa shape index (κ2) is 12.6. The van der Waals surface area contributed by atoms with E-state index in [4.69, 9.17) is 4.74 Å². The predicted molar refractivity (Wildman–Crippen MR) is 129 cm³/mol. The lowest BCUT2D eigenvalue weighted by atomic mass is 9.99. The molecule has 0 fully saturated rings. The van der Waals surface area contributed by atoms with Crippen LogP contribution in [0, 0.1) is 6.92 Å². The van der Waals surface area contributed by atoms with E-state index in [0.29, 0.717) is 5.56 Å². The summed E-state index contributed by atoms with van der Waals surface area (Å²) >= 11 is 0. The van der Waals surface area contributed by atoms with Gasteiger partial charge in [-0.05, 0) is 60.5 Å². The lowest BCUT2D eigenvalue weighted by Gasteiger charge is -2.37. The van der Waals surface area contributed by atoms with E-state index in [1.54, 1.807) is 34.6 Å². The predicted octanol–water partition coefficient (Wildman–Crippen LogP) is 3.46. The normalized spacial score (nSPS) is 14.2. The number of hydrogen-bond acceptors (Lipinski definition) is 5. The third-order valence-corrected chi connectivity index (χ3v) is 5.01. The molecule has 0 saturated heterocycles. The van der Waals surface area contributed by atoms with Gasteiger partial charge in [-0.1, -0.05) is 43.2 Å². The molecule has 0 aliphatic rings. The first kappa shape index (κ1) is 28.4. The molecule has 0 radical (unpaired) electrons. The second-order valence-electron chi connectivity index (χ2n) is 9.73. The molecule has 0 aliphatic carbocycles. The second-order valence-corrected chi connectivity index (χ2v) is 9.73. The number of benzene rings is 1. The van der Waals surface area contributed by atoms with Crippen LogP contribution in [0.3, 0.4) is 0 Å². The molecular weight excluding hydrogens is 422 g/mol. The average Bonchev–Trinajstić information content (AvgIpc) is 2.69. The Morgan fingerprint density at radius 3 is 2.09 bits per heavy atom. The van der Waals surface area contributed by atoms with Crippen LogP contribution >= 0.6 is 0 Å². The molecule has 0 heterocycles. The maximum Gasteiger partial charge on any atom is 0.408 e. The fraction of sp³-hybridized carbons (Fsp3) is 0.640. The SMILES string of the molecule is CCCC(C)NC(=O)C(c1ccc(C)cc1)N(C(=O)C(CO)NC(=O)OC(C)(C)C)C(C)C. The van der Waals surface area contributed by atoms with Crippen LogP contribution in [0.5, 0.6) is 0 Å². The van der Waals surface area contributed by atoms with E-state index in [1.165, 1.54) is 4.90 Å². The largest absolute Gasteiger partial charge is 0.444 e. The summed E-state index contributed by atoms with van der Waals surface area (Å²) in [6.45, 7) is 14.0. The smallest absolute Gasteiger partial charge is 0.408 e. The molecule has 1 rings (SSSR count). The molecule has 0 spiro atoms. The van der Waals surface area contributed by atoms with Gasteiger partial charge in [0.1, 0.15) is 17.7 Å². The molecule has 33 heavy (non-hydrogen) atoms. The highest BCUT2D eigenvalue weighted by atomic mass is 16.6. The highest BCUT2D eigenvalue weighted by Gasteiger charge is 2.37. The highest BCUT2D eigenvalue weighted by molar-refractivity contribution is 5.92. The fourth-order valence-corrected chi connectivity index (χ4v) is 3.51. The van der Waals surface area contributed by atoms with Crippen LogP contribution < -0.4 is 10.6 Å². The third-order valence-electron chi connectivity index (χ3n) is 5.01. The molecule has 3 N–H and O–H groups in total. The van der Waals surface area contributed by atoms with Gasteiger partial charge in [-0.2, -0.15) is 0 Å². The van der Waals surface area contributed by atoms with Gasteiger partial charge in [0.2, 0.25) is 11.8 Å². The van der Waals surface area contributed by atoms with Gasteiger partial charge in [-0.25, -0.2) is 4.79 Å². The number of ether oxygens (including phenoxy) is 1. The number of carbonyl (C=O) groups is 3. The molecule has 1 aromatic rings. The van der Waals surface area contributed by atoms with Crippen molar-refractivity contribution >= 4 is 17.9 Å². The maximum atomic E-state index is 13.5. The molecule has 3 atom stereocenters. The van der Waals surface area contributed by atoms with E-state index in [0.717, 1.165) is 18.4 Å². The van der Waals surface area contributed by atoms with E-state index in [1.807, 2.05) is 45.0 Å². The zero-order valence-electron chi connectivity index (χ0n) is 21.3. The first-order valence-corrected chi connectivity index (χ1v) is 11.6. The Morgan fingerprint density at radius 2 is 1.64 bits per heavy atom. The van der Waals surface area contributed by atoms with E-state index in [-0.39, 0.29) is 18.0 Å². The summed E-state index contributed by atoms with van der Waals surface area (Å²) in [5.74, 6) is -0.877. The summed E-state index contributed by atoms with van der Waals surface area (Å²) in [5, 5.41) is 15.3. The van der Waals surface area contributed by atoms with Crippen LogP contribution in [0.15, 0.2) is 24.3 Å². The van der Waals surface area contributed by atoms with Crippen LogP contribution in [0.2, 0.25) is 0 Å². The minimum atomic E-state index is -1.25. The number of hydrogen-bond donors (Lipinski definition) is 3. The van der Waals surface area contributed by atoms with Gasteiger partial charge in [-0.3, -0.25) is 9.59 Å². The van der Waals surface area contributed by atoms with Gasteiger partial charge < -0.3 is 25.4 Å². The maximum absolute atomic E-state index is 13.5. The van der Waals surface area contributed by atoms with Crippen LogP contribution in [0.1, 0.15) is 78.5 Å². The van der Waals surface area contributed by atoms with Crippen molar-refractivity contribution in [3.8, 4) is 0 Å². The quantitative estimate of drug-likeness (QED) is 0.492. The third kappa shape index (κ3) is 9.04. The Morgan fingerprint density at radius 1 is 1.06 bits per heavy atom. The number of aryl methyl sites for hydroxylation is 1. The number of alkyl carbamates (subject to hydrolysis) is 1. The Kier molecular flexibility index (Phi) is 10.8. The van der Waals surface area contributed by atoms with Crippen LogP contribution in [0.4, 0.5) is 4.79 Å². The number of carbonyl (C=O) groups excluding carboxylic acids is 3. The van der Waals surface area contributed by atoms with E-state index in [2.05, 4.69) is 10.6 Å². The molecule has 3 unspecified atom stereocenters. The van der Waals surface area contributed by atoms with Crippen molar-refractivity contribution in [1.29, 1.82) is 0 Å². The number of nitrogens with one attached hydrogen (secondary N) is 2. The Bertz CT molecular complexity index is 786. The van der Waals surface area contributed by atoms with E-state index >= 15 is 0 Å². The Hall–Kier alpha value is -2.61. The van der Waals surface area contributed by atoms with Crippen molar-refractivity contribution in [3.63, 3.8) is 0 Å². The molecule has 8 heteroatoms. The molecule has 8 nitrogen and oxygen atoms in total. The van der Waals surface area contributed by atoms with Crippen molar-refractivity contribution < 1.29 is 24.2 Å². The molecule has 3 amide bonds. The van der Waals surface area contributed by atoms with Gasteiger partial charge >= 0.3 is 6.09 Å². The Balaban J connectivity index is 3.33. The standard InChI is InChI=1S/C25H41N3O5/c1-9-10-18(5)26-22(30)21(19-13-11-17(4)12-14-19)28(16(2)3)23(31)20(15-29)27-24(32)33-25(6,7)8/h11-14,16,18,20-21,29H,9-10,15H2,1-8H3,(H,26,30)(H,27,32). The zero-order valence-corrected chi connectivity index (χ0v) is 21.3. The first-order chi connectivity index (χ1) is 15.3. The zero-order chi connectivity index (χ0) is 25.3. The van der Waals surface area contributed by atoms with Gasteiger partial charge in [0.25, 0.3) is 0 Å². The van der Waals surface area contributed by atoms with Crippen LogP contribution in [-0.4, -0.2) is 58.2 Å². The fourth-order valence-electron chi connectivity index (χ4n) is 3.51. The van der Waals surface area contributed by atoms with Gasteiger partial charge in [0.15, 0.2) is 0 Å². The molecule has 186 valence electrons. The molecular formula is C25H41N3O5. The summed E-state index contributed by atoms with van der Waals surface area (Å²) < 4.78 is 5.23. The topological polar surface area (TPSA) is 108 Å². The summed E-state index contributed by atoms with van der Waals surface area (Å²) in [5.41, 5.74) is 0.919. The highest BCUT2D eigenvalue weighted by Crippen LogP contribution is 2.26. The summed E-state index contributed by atoms with van der Waals surface area (Å²) in [7, 11) is 0. The van der Waals surface area contributed by atoms with Gasteiger partial charge in [0.05, 0.1) is 6.61 Å². The number of nitrogens with zero attached hydrogens (tertiary/aromatic N) is 1. The lowest BCUT2D eigenvalue weighted by molar-refractivity contribution is -0.145. The number of aliphatic hydroxyl groups is 1. The monoisotopic (exact) mass is 463 g/mol. The molecule has 0 aromatic heterocycles. The van der Waals surface area contributed by atoms with E-state index < -0.39 is 36.3 Å². The molecule has 0 aliphatic heterocycles. The van der Waals surface area contributed by atoms with Crippen molar-refractivity contribution in [1.82, 2.24) is 15.5 Å².